The fraction of sp³-hybridized carbons (Fsp3) is 0.950. The van der Waals surface area contributed by atoms with Crippen molar-refractivity contribution in [2.45, 2.75) is 33.6 Å². The average Bonchev–Trinajstić information content (AvgIpc) is 2.64. The number of hydrogen-bond acceptors (Lipinski definition) is 4. The van der Waals surface area contributed by atoms with Crippen LogP contribution < -0.4 is 5.32 Å². The number of rotatable bonds is 8. The second kappa shape index (κ2) is 14.0. The SMILES string of the molecule is CCNC(=NCC1CCN(CCOC)CC1)N1CCN(CC(C)C)CC1.I. The molecule has 0 bridgehead atoms. The molecule has 0 amide bonds. The molecular weight excluding hydrogens is 453 g/mol. The molecule has 2 rings (SSSR count). The Morgan fingerprint density at radius 1 is 1.07 bits per heavy atom. The van der Waals surface area contributed by atoms with Gasteiger partial charge in [0.2, 0.25) is 0 Å². The molecule has 1 N–H and O–H groups in total. The molecule has 0 saturated carbocycles. The lowest BCUT2D eigenvalue weighted by Crippen LogP contribution is -2.53. The summed E-state index contributed by atoms with van der Waals surface area (Å²) < 4.78 is 5.19. The topological polar surface area (TPSA) is 43.3 Å². The monoisotopic (exact) mass is 495 g/mol. The van der Waals surface area contributed by atoms with Crippen molar-refractivity contribution < 1.29 is 4.74 Å². The minimum absolute atomic E-state index is 0. The number of aliphatic imine (C=N–C) groups is 1. The normalized spacial score (nSPS) is 20.8. The van der Waals surface area contributed by atoms with E-state index >= 15 is 0 Å². The van der Waals surface area contributed by atoms with Crippen molar-refractivity contribution in [3.05, 3.63) is 0 Å². The van der Waals surface area contributed by atoms with Gasteiger partial charge >= 0.3 is 0 Å². The Bertz CT molecular complexity index is 405. The van der Waals surface area contributed by atoms with Crippen molar-refractivity contribution in [1.29, 1.82) is 0 Å². The average molecular weight is 495 g/mol. The molecule has 0 aliphatic carbocycles. The van der Waals surface area contributed by atoms with Gasteiger partial charge in [-0.05, 0) is 44.7 Å². The Morgan fingerprint density at radius 2 is 1.74 bits per heavy atom. The maximum absolute atomic E-state index is 5.19. The van der Waals surface area contributed by atoms with E-state index in [0.717, 1.165) is 70.2 Å². The van der Waals surface area contributed by atoms with Crippen LogP contribution in [-0.4, -0.2) is 99.8 Å². The van der Waals surface area contributed by atoms with Gasteiger partial charge in [0, 0.05) is 59.5 Å². The molecule has 6 nitrogen and oxygen atoms in total. The van der Waals surface area contributed by atoms with Crippen LogP contribution in [0.4, 0.5) is 0 Å². The van der Waals surface area contributed by atoms with Gasteiger partial charge in [0.25, 0.3) is 0 Å². The summed E-state index contributed by atoms with van der Waals surface area (Å²) in [6.45, 7) is 18.7. The number of nitrogens with zero attached hydrogens (tertiary/aromatic N) is 4. The molecule has 2 heterocycles. The van der Waals surface area contributed by atoms with E-state index in [1.165, 1.54) is 32.5 Å². The smallest absolute Gasteiger partial charge is 0.194 e. The summed E-state index contributed by atoms with van der Waals surface area (Å²) in [4.78, 5) is 12.6. The first-order valence-electron chi connectivity index (χ1n) is 10.6. The lowest BCUT2D eigenvalue weighted by atomic mass is 9.97. The number of nitrogens with one attached hydrogen (secondary N) is 1. The predicted octanol–water partition coefficient (Wildman–Crippen LogP) is 2.20. The van der Waals surface area contributed by atoms with Gasteiger partial charge in [0.1, 0.15) is 0 Å². The van der Waals surface area contributed by atoms with E-state index in [2.05, 4.69) is 40.8 Å². The van der Waals surface area contributed by atoms with E-state index in [1.54, 1.807) is 7.11 Å². The van der Waals surface area contributed by atoms with Crippen molar-refractivity contribution in [3.63, 3.8) is 0 Å². The summed E-state index contributed by atoms with van der Waals surface area (Å²) in [7, 11) is 1.78. The summed E-state index contributed by atoms with van der Waals surface area (Å²) >= 11 is 0. The van der Waals surface area contributed by atoms with Crippen molar-refractivity contribution in [1.82, 2.24) is 20.0 Å². The maximum atomic E-state index is 5.19. The van der Waals surface area contributed by atoms with Gasteiger partial charge in [-0.3, -0.25) is 9.89 Å². The minimum atomic E-state index is 0. The number of halogens is 1. The first kappa shape index (κ1) is 24.9. The molecule has 0 aromatic heterocycles. The maximum Gasteiger partial charge on any atom is 0.194 e. The van der Waals surface area contributed by atoms with Crippen LogP contribution >= 0.6 is 24.0 Å². The minimum Gasteiger partial charge on any atom is -0.383 e. The highest BCUT2D eigenvalue weighted by Crippen LogP contribution is 2.17. The van der Waals surface area contributed by atoms with E-state index in [4.69, 9.17) is 9.73 Å². The number of piperazine rings is 1. The van der Waals surface area contributed by atoms with Crippen LogP contribution in [0.25, 0.3) is 0 Å². The van der Waals surface area contributed by atoms with E-state index in [9.17, 15) is 0 Å². The molecule has 0 aromatic rings. The molecule has 27 heavy (non-hydrogen) atoms. The number of methoxy groups -OCH3 is 1. The van der Waals surface area contributed by atoms with Crippen LogP contribution in [0.3, 0.4) is 0 Å². The molecule has 160 valence electrons. The molecule has 0 radical (unpaired) electrons. The van der Waals surface area contributed by atoms with Crippen LogP contribution in [0.1, 0.15) is 33.6 Å². The highest BCUT2D eigenvalue weighted by molar-refractivity contribution is 14.0. The quantitative estimate of drug-likeness (QED) is 0.318. The van der Waals surface area contributed by atoms with E-state index < -0.39 is 0 Å². The number of piperidine rings is 1. The highest BCUT2D eigenvalue weighted by Gasteiger charge is 2.22. The standard InChI is InChI=1S/C20H41N5O.HI/c1-5-21-20(25-12-10-24(11-13-25)17-18(2)3)22-16-19-6-8-23(9-7-19)14-15-26-4;/h18-19H,5-17H2,1-4H3,(H,21,22);1H. The van der Waals surface area contributed by atoms with Gasteiger partial charge in [-0.25, -0.2) is 0 Å². The van der Waals surface area contributed by atoms with Crippen molar-refractivity contribution in [2.75, 3.05) is 79.2 Å². The van der Waals surface area contributed by atoms with Crippen LogP contribution in [0.15, 0.2) is 4.99 Å². The molecule has 0 unspecified atom stereocenters. The van der Waals surface area contributed by atoms with Gasteiger partial charge in [-0.2, -0.15) is 0 Å². The summed E-state index contributed by atoms with van der Waals surface area (Å²) in [5, 5.41) is 3.51. The number of ether oxygens (including phenoxy) is 1. The van der Waals surface area contributed by atoms with Crippen molar-refractivity contribution >= 4 is 29.9 Å². The first-order valence-corrected chi connectivity index (χ1v) is 10.6. The molecule has 0 spiro atoms. The zero-order chi connectivity index (χ0) is 18.8. The lowest BCUT2D eigenvalue weighted by molar-refractivity contribution is 0.121. The van der Waals surface area contributed by atoms with Crippen LogP contribution in [0, 0.1) is 11.8 Å². The van der Waals surface area contributed by atoms with Crippen LogP contribution in [0.2, 0.25) is 0 Å². The van der Waals surface area contributed by atoms with Gasteiger partial charge in [-0.1, -0.05) is 13.8 Å². The lowest BCUT2D eigenvalue weighted by Gasteiger charge is -2.37. The molecule has 2 aliphatic rings. The molecule has 7 heteroatoms. The number of hydrogen-bond donors (Lipinski definition) is 1. The second-order valence-corrected chi connectivity index (χ2v) is 8.15. The van der Waals surface area contributed by atoms with Crippen molar-refractivity contribution in [3.8, 4) is 0 Å². The summed E-state index contributed by atoms with van der Waals surface area (Å²) in [6, 6.07) is 0. The van der Waals surface area contributed by atoms with Crippen LogP contribution in [0.5, 0.6) is 0 Å². The number of likely N-dealkylation sites (tertiary alicyclic amines) is 1. The summed E-state index contributed by atoms with van der Waals surface area (Å²) in [5.41, 5.74) is 0. The Labute approximate surface area is 184 Å². The molecule has 2 aliphatic heterocycles. The highest BCUT2D eigenvalue weighted by atomic mass is 127. The molecular formula is C20H42IN5O. The fourth-order valence-electron chi connectivity index (χ4n) is 3.91. The van der Waals surface area contributed by atoms with E-state index in [0.29, 0.717) is 0 Å². The third kappa shape index (κ3) is 9.28. The van der Waals surface area contributed by atoms with Crippen molar-refractivity contribution in [2.24, 2.45) is 16.8 Å². The van der Waals surface area contributed by atoms with Gasteiger partial charge in [0.05, 0.1) is 6.61 Å². The Balaban J connectivity index is 0.00000364. The van der Waals surface area contributed by atoms with E-state index in [-0.39, 0.29) is 24.0 Å². The van der Waals surface area contributed by atoms with Gasteiger partial charge < -0.3 is 19.9 Å². The molecule has 2 saturated heterocycles. The molecule has 2 fully saturated rings. The summed E-state index contributed by atoms with van der Waals surface area (Å²) in [6.07, 6.45) is 2.52. The van der Waals surface area contributed by atoms with Gasteiger partial charge in [-0.15, -0.1) is 24.0 Å². The number of guanidine groups is 1. The summed E-state index contributed by atoms with van der Waals surface area (Å²) in [5.74, 6) is 2.60. The van der Waals surface area contributed by atoms with Gasteiger partial charge in [0.15, 0.2) is 5.96 Å². The third-order valence-corrected chi connectivity index (χ3v) is 5.45. The Hall–Kier alpha value is -0.120. The second-order valence-electron chi connectivity index (χ2n) is 8.15. The van der Waals surface area contributed by atoms with Crippen LogP contribution in [-0.2, 0) is 4.74 Å². The zero-order valence-electron chi connectivity index (χ0n) is 18.0. The van der Waals surface area contributed by atoms with E-state index in [1.807, 2.05) is 0 Å². The largest absolute Gasteiger partial charge is 0.383 e. The fourth-order valence-corrected chi connectivity index (χ4v) is 3.91. The predicted molar refractivity (Wildman–Crippen MR) is 125 cm³/mol. The Kier molecular flexibility index (Phi) is 12.9. The zero-order valence-corrected chi connectivity index (χ0v) is 20.3. The molecule has 0 atom stereocenters. The third-order valence-electron chi connectivity index (χ3n) is 5.45. The first-order chi connectivity index (χ1) is 12.6. The Morgan fingerprint density at radius 3 is 2.30 bits per heavy atom. The molecule has 0 aromatic carbocycles.